The number of aliphatic imine (C=N–C) groups is 1. The summed E-state index contributed by atoms with van der Waals surface area (Å²) in [5, 5.41) is 0. The summed E-state index contributed by atoms with van der Waals surface area (Å²) in [4.78, 5) is 18.1. The molecule has 0 N–H and O–H groups in total. The average Bonchev–Trinajstić information content (AvgIpc) is 2.56. The van der Waals surface area contributed by atoms with Gasteiger partial charge in [-0.25, -0.2) is 0 Å². The summed E-state index contributed by atoms with van der Waals surface area (Å²) in [5.41, 5.74) is 2.01. The number of carbonyl (C=O) groups excluding carboxylic acids is 1. The monoisotopic (exact) mass is 318 g/mol. The summed E-state index contributed by atoms with van der Waals surface area (Å²) < 4.78 is 0. The van der Waals surface area contributed by atoms with Crippen molar-refractivity contribution in [1.82, 2.24) is 4.90 Å². The lowest BCUT2D eigenvalue weighted by Gasteiger charge is -2.26. The molecule has 0 aromatic rings. The summed E-state index contributed by atoms with van der Waals surface area (Å²) in [6, 6.07) is 0. The SMILES string of the molecule is CCCCCCN=CC1=CN(CCCCCC)C=C(C=O)C1C. The second-order valence-electron chi connectivity index (χ2n) is 6.49. The van der Waals surface area contributed by atoms with E-state index in [4.69, 9.17) is 0 Å². The van der Waals surface area contributed by atoms with Crippen LogP contribution in [0.5, 0.6) is 0 Å². The van der Waals surface area contributed by atoms with Crippen molar-refractivity contribution >= 4 is 12.5 Å². The third kappa shape index (κ3) is 7.62. The molecule has 1 aliphatic heterocycles. The van der Waals surface area contributed by atoms with Crippen LogP contribution in [0.3, 0.4) is 0 Å². The molecule has 0 radical (unpaired) electrons. The summed E-state index contributed by atoms with van der Waals surface area (Å²) in [5.74, 6) is 0.152. The van der Waals surface area contributed by atoms with Gasteiger partial charge in [0.15, 0.2) is 0 Å². The predicted octanol–water partition coefficient (Wildman–Crippen LogP) is 5.14. The molecule has 1 atom stereocenters. The Kier molecular flexibility index (Phi) is 10.3. The van der Waals surface area contributed by atoms with Gasteiger partial charge in [0.1, 0.15) is 6.29 Å². The topological polar surface area (TPSA) is 32.7 Å². The van der Waals surface area contributed by atoms with Crippen LogP contribution >= 0.6 is 0 Å². The zero-order valence-electron chi connectivity index (χ0n) is 15.3. The fourth-order valence-corrected chi connectivity index (χ4v) is 2.76. The smallest absolute Gasteiger partial charge is 0.148 e. The van der Waals surface area contributed by atoms with Gasteiger partial charge in [-0.15, -0.1) is 0 Å². The summed E-state index contributed by atoms with van der Waals surface area (Å²) in [7, 11) is 0. The Balaban J connectivity index is 2.54. The molecule has 1 unspecified atom stereocenters. The quantitative estimate of drug-likeness (QED) is 0.284. The number of rotatable bonds is 12. The van der Waals surface area contributed by atoms with E-state index in [1.165, 1.54) is 44.9 Å². The van der Waals surface area contributed by atoms with Gasteiger partial charge in [0.25, 0.3) is 0 Å². The van der Waals surface area contributed by atoms with Crippen molar-refractivity contribution in [3.8, 4) is 0 Å². The van der Waals surface area contributed by atoms with Crippen molar-refractivity contribution in [3.05, 3.63) is 23.5 Å². The molecule has 0 amide bonds. The Morgan fingerprint density at radius 3 is 2.30 bits per heavy atom. The van der Waals surface area contributed by atoms with Gasteiger partial charge in [-0.1, -0.05) is 59.3 Å². The summed E-state index contributed by atoms with van der Waals surface area (Å²) in [6.45, 7) is 8.41. The molecule has 1 aliphatic rings. The number of allylic oxidation sites excluding steroid dienone is 2. The minimum atomic E-state index is 0.152. The molecular weight excluding hydrogens is 284 g/mol. The lowest BCUT2D eigenvalue weighted by molar-refractivity contribution is -0.105. The molecule has 0 fully saturated rings. The number of hydrogen-bond acceptors (Lipinski definition) is 3. The highest BCUT2D eigenvalue weighted by atomic mass is 16.1. The second-order valence-corrected chi connectivity index (χ2v) is 6.49. The zero-order chi connectivity index (χ0) is 16.9. The van der Waals surface area contributed by atoms with Crippen molar-refractivity contribution in [3.63, 3.8) is 0 Å². The molecule has 1 heterocycles. The highest BCUT2D eigenvalue weighted by molar-refractivity contribution is 5.85. The van der Waals surface area contributed by atoms with Crippen LogP contribution < -0.4 is 0 Å². The van der Waals surface area contributed by atoms with Crippen LogP contribution in [0.15, 0.2) is 28.5 Å². The largest absolute Gasteiger partial charge is 0.353 e. The van der Waals surface area contributed by atoms with Crippen molar-refractivity contribution in [2.75, 3.05) is 13.1 Å². The van der Waals surface area contributed by atoms with E-state index in [0.717, 1.165) is 36.9 Å². The molecule has 0 aromatic heterocycles. The van der Waals surface area contributed by atoms with Crippen LogP contribution in [0.4, 0.5) is 0 Å². The third-order valence-corrected chi connectivity index (χ3v) is 4.42. The molecule has 0 saturated carbocycles. The van der Waals surface area contributed by atoms with Gasteiger partial charge in [0, 0.05) is 43.2 Å². The molecular formula is C20H34N2O. The predicted molar refractivity (Wildman–Crippen MR) is 99.7 cm³/mol. The molecule has 130 valence electrons. The van der Waals surface area contributed by atoms with Crippen molar-refractivity contribution < 1.29 is 4.79 Å². The number of carbonyl (C=O) groups is 1. The fourth-order valence-electron chi connectivity index (χ4n) is 2.76. The van der Waals surface area contributed by atoms with Crippen molar-refractivity contribution in [1.29, 1.82) is 0 Å². The van der Waals surface area contributed by atoms with Gasteiger partial charge >= 0.3 is 0 Å². The van der Waals surface area contributed by atoms with E-state index in [2.05, 4.69) is 36.9 Å². The molecule has 3 nitrogen and oxygen atoms in total. The van der Waals surface area contributed by atoms with Gasteiger partial charge in [0.2, 0.25) is 0 Å². The highest BCUT2D eigenvalue weighted by Gasteiger charge is 2.18. The number of unbranched alkanes of at least 4 members (excludes halogenated alkanes) is 6. The maximum atomic E-state index is 11.3. The highest BCUT2D eigenvalue weighted by Crippen LogP contribution is 2.24. The van der Waals surface area contributed by atoms with Crippen LogP contribution in [0, 0.1) is 5.92 Å². The Morgan fingerprint density at radius 1 is 1.00 bits per heavy atom. The first-order chi connectivity index (χ1) is 11.2. The molecule has 3 heteroatoms. The minimum Gasteiger partial charge on any atom is -0.353 e. The van der Waals surface area contributed by atoms with E-state index in [9.17, 15) is 4.79 Å². The molecule has 0 bridgehead atoms. The first-order valence-electron chi connectivity index (χ1n) is 9.37. The molecule has 1 rings (SSSR count). The van der Waals surface area contributed by atoms with E-state index in [-0.39, 0.29) is 5.92 Å². The normalized spacial score (nSPS) is 18.2. The number of nitrogens with zero attached hydrogens (tertiary/aromatic N) is 2. The van der Waals surface area contributed by atoms with Crippen LogP contribution in [-0.4, -0.2) is 30.5 Å². The van der Waals surface area contributed by atoms with Crippen LogP contribution in [0.2, 0.25) is 0 Å². The molecule has 0 spiro atoms. The molecule has 0 aliphatic carbocycles. The van der Waals surface area contributed by atoms with E-state index in [0.29, 0.717) is 0 Å². The van der Waals surface area contributed by atoms with Gasteiger partial charge in [-0.3, -0.25) is 9.79 Å². The Morgan fingerprint density at radius 2 is 1.65 bits per heavy atom. The first-order valence-corrected chi connectivity index (χ1v) is 9.37. The van der Waals surface area contributed by atoms with Gasteiger partial charge in [-0.05, 0) is 18.4 Å². The van der Waals surface area contributed by atoms with Gasteiger partial charge in [0.05, 0.1) is 0 Å². The summed E-state index contributed by atoms with van der Waals surface area (Å²) in [6.07, 6.45) is 17.0. The third-order valence-electron chi connectivity index (χ3n) is 4.42. The fraction of sp³-hybridized carbons (Fsp3) is 0.700. The minimum absolute atomic E-state index is 0.152. The van der Waals surface area contributed by atoms with Crippen LogP contribution in [-0.2, 0) is 4.79 Å². The lowest BCUT2D eigenvalue weighted by atomic mass is 9.93. The number of aldehydes is 1. The molecule has 23 heavy (non-hydrogen) atoms. The maximum Gasteiger partial charge on any atom is 0.148 e. The van der Waals surface area contributed by atoms with E-state index in [1.807, 2.05) is 12.4 Å². The Hall–Kier alpha value is -1.38. The zero-order valence-corrected chi connectivity index (χ0v) is 15.3. The van der Waals surface area contributed by atoms with Crippen LogP contribution in [0.25, 0.3) is 0 Å². The standard InChI is InChI=1S/C20H34N2O/c1-4-6-8-10-12-21-14-19-15-22(13-11-9-7-5-2)16-20(17-23)18(19)3/h14-18H,4-13H2,1-3H3. The van der Waals surface area contributed by atoms with E-state index >= 15 is 0 Å². The lowest BCUT2D eigenvalue weighted by Crippen LogP contribution is -2.22. The number of hydrogen-bond donors (Lipinski definition) is 0. The van der Waals surface area contributed by atoms with Crippen molar-refractivity contribution in [2.24, 2.45) is 10.9 Å². The van der Waals surface area contributed by atoms with Crippen LogP contribution in [0.1, 0.15) is 72.1 Å². The molecule has 0 aromatic carbocycles. The maximum absolute atomic E-state index is 11.3. The van der Waals surface area contributed by atoms with Gasteiger partial charge in [-0.2, -0.15) is 0 Å². The second kappa shape index (κ2) is 12.1. The van der Waals surface area contributed by atoms with Crippen molar-refractivity contribution in [2.45, 2.75) is 72.1 Å². The van der Waals surface area contributed by atoms with Gasteiger partial charge < -0.3 is 4.90 Å². The first kappa shape index (κ1) is 19.7. The Bertz CT molecular complexity index is 423. The van der Waals surface area contributed by atoms with E-state index in [1.54, 1.807) is 0 Å². The average molecular weight is 319 g/mol. The Labute approximate surface area is 142 Å². The molecule has 0 saturated heterocycles. The van der Waals surface area contributed by atoms with E-state index < -0.39 is 0 Å². The summed E-state index contributed by atoms with van der Waals surface area (Å²) >= 11 is 0.